The molecule has 0 spiro atoms. The molecule has 0 aliphatic carbocycles. The Morgan fingerprint density at radius 2 is 1.08 bits per heavy atom. The van der Waals surface area contributed by atoms with Crippen LogP contribution in [0, 0.1) is 0 Å². The second kappa shape index (κ2) is 26.9. The lowest BCUT2D eigenvalue weighted by molar-refractivity contribution is 0.0499. The Morgan fingerprint density at radius 3 is 1.69 bits per heavy atom. The molecule has 0 atom stereocenters. The van der Waals surface area contributed by atoms with Crippen LogP contribution in [-0.2, 0) is 15.9 Å². The lowest BCUT2D eigenvalue weighted by atomic mass is 10.0. The Morgan fingerprint density at radius 1 is 0.528 bits per heavy atom. The predicted molar refractivity (Wildman–Crippen MR) is 155 cm³/mol. The summed E-state index contributed by atoms with van der Waals surface area (Å²) in [5.41, 5.74) is 1.24. The summed E-state index contributed by atoms with van der Waals surface area (Å²) in [6.07, 6.45) is 22.9. The minimum absolute atomic E-state index is 0.649. The van der Waals surface area contributed by atoms with Crippen LogP contribution in [0.1, 0.15) is 122 Å². The molecule has 0 fully saturated rings. The summed E-state index contributed by atoms with van der Waals surface area (Å²) < 4.78 is 17.4. The Kier molecular flexibility index (Phi) is 24.6. The van der Waals surface area contributed by atoms with E-state index in [1.807, 2.05) is 0 Å². The molecular formula is C32H59NO3. The van der Waals surface area contributed by atoms with Gasteiger partial charge in [0.05, 0.1) is 33.0 Å². The van der Waals surface area contributed by atoms with Gasteiger partial charge in [-0.1, -0.05) is 122 Å². The van der Waals surface area contributed by atoms with Crippen molar-refractivity contribution in [2.24, 2.45) is 0 Å². The molecule has 0 aliphatic rings. The van der Waals surface area contributed by atoms with E-state index in [-0.39, 0.29) is 0 Å². The molecule has 0 bridgehead atoms. The van der Waals surface area contributed by atoms with E-state index in [1.165, 1.54) is 95.5 Å². The van der Waals surface area contributed by atoms with E-state index in [9.17, 15) is 0 Å². The van der Waals surface area contributed by atoms with Crippen LogP contribution in [0.2, 0.25) is 0 Å². The highest BCUT2D eigenvalue weighted by atomic mass is 16.5. The molecule has 1 aromatic carbocycles. The fourth-order valence-electron chi connectivity index (χ4n) is 4.46. The molecule has 0 heterocycles. The van der Waals surface area contributed by atoms with Gasteiger partial charge in [0, 0.05) is 6.54 Å². The van der Waals surface area contributed by atoms with Crippen molar-refractivity contribution >= 4 is 0 Å². The van der Waals surface area contributed by atoms with Crippen LogP contribution in [0.5, 0.6) is 5.75 Å². The van der Waals surface area contributed by atoms with Crippen molar-refractivity contribution in [1.29, 1.82) is 0 Å². The molecule has 0 unspecified atom stereocenters. The zero-order valence-corrected chi connectivity index (χ0v) is 24.0. The number of hydrogen-bond acceptors (Lipinski definition) is 4. The molecule has 1 aromatic rings. The molecular weight excluding hydrogens is 446 g/mol. The maximum atomic E-state index is 6.11. The van der Waals surface area contributed by atoms with Gasteiger partial charge in [0.1, 0.15) is 5.75 Å². The molecule has 0 radical (unpaired) electrons. The van der Waals surface area contributed by atoms with Gasteiger partial charge in [0.15, 0.2) is 0 Å². The van der Waals surface area contributed by atoms with Crippen LogP contribution in [0.3, 0.4) is 0 Å². The summed E-state index contributed by atoms with van der Waals surface area (Å²) in [5, 5.41) is 3.33. The van der Waals surface area contributed by atoms with Gasteiger partial charge in [0.25, 0.3) is 0 Å². The van der Waals surface area contributed by atoms with Crippen molar-refractivity contribution in [3.63, 3.8) is 0 Å². The molecule has 0 amide bonds. The fourth-order valence-corrected chi connectivity index (χ4v) is 4.46. The molecule has 0 aromatic heterocycles. The van der Waals surface area contributed by atoms with Crippen LogP contribution in [-0.4, -0.2) is 46.1 Å². The van der Waals surface area contributed by atoms with Crippen molar-refractivity contribution in [3.05, 3.63) is 29.8 Å². The average molecular weight is 506 g/mol. The van der Waals surface area contributed by atoms with Gasteiger partial charge in [-0.15, -0.1) is 0 Å². The van der Waals surface area contributed by atoms with Crippen LogP contribution >= 0.6 is 0 Å². The van der Waals surface area contributed by atoms with E-state index in [1.54, 1.807) is 0 Å². The molecule has 0 saturated heterocycles. The molecule has 36 heavy (non-hydrogen) atoms. The summed E-state index contributed by atoms with van der Waals surface area (Å²) >= 11 is 0. The summed E-state index contributed by atoms with van der Waals surface area (Å²) in [4.78, 5) is 0. The maximum Gasteiger partial charge on any atom is 0.122 e. The Bertz CT molecular complexity index is 566. The SMILES string of the molecule is CCCCCCCCCCCCCCCCCOc1ccccc1CCOCCOCCNCCC. The highest BCUT2D eigenvalue weighted by molar-refractivity contribution is 5.33. The number of ether oxygens (including phenoxy) is 3. The fraction of sp³-hybridized carbons (Fsp3) is 0.812. The molecule has 0 saturated carbocycles. The van der Waals surface area contributed by atoms with Gasteiger partial charge in [-0.25, -0.2) is 0 Å². The van der Waals surface area contributed by atoms with E-state index in [0.29, 0.717) is 19.8 Å². The maximum absolute atomic E-state index is 6.11. The third-order valence-electron chi connectivity index (χ3n) is 6.72. The van der Waals surface area contributed by atoms with Crippen molar-refractivity contribution in [1.82, 2.24) is 5.32 Å². The standard InChI is InChI=1S/C32H59NO3/c1-3-5-6-7-8-9-10-11-12-13-14-15-16-17-20-26-36-32-22-19-18-21-31(32)23-27-34-29-30-35-28-25-33-24-4-2/h18-19,21-22,33H,3-17,20,23-30H2,1-2H3. The number of rotatable bonds is 28. The Hall–Kier alpha value is -1.10. The Balaban J connectivity index is 1.92. The van der Waals surface area contributed by atoms with E-state index >= 15 is 0 Å². The third kappa shape index (κ3) is 21.0. The summed E-state index contributed by atoms with van der Waals surface area (Å²) in [6.45, 7) is 10.0. The van der Waals surface area contributed by atoms with Crippen molar-refractivity contribution in [2.45, 2.75) is 123 Å². The van der Waals surface area contributed by atoms with Gasteiger partial charge in [-0.05, 0) is 37.4 Å². The van der Waals surface area contributed by atoms with Gasteiger partial charge >= 0.3 is 0 Å². The van der Waals surface area contributed by atoms with E-state index in [4.69, 9.17) is 14.2 Å². The largest absolute Gasteiger partial charge is 0.493 e. The van der Waals surface area contributed by atoms with Crippen molar-refractivity contribution < 1.29 is 14.2 Å². The summed E-state index contributed by atoms with van der Waals surface area (Å²) in [5.74, 6) is 1.02. The summed E-state index contributed by atoms with van der Waals surface area (Å²) in [7, 11) is 0. The normalized spacial score (nSPS) is 11.3. The number of nitrogens with one attached hydrogen (secondary N) is 1. The first-order chi connectivity index (χ1) is 17.9. The quantitative estimate of drug-likeness (QED) is 0.116. The van der Waals surface area contributed by atoms with Crippen molar-refractivity contribution in [2.75, 3.05) is 46.1 Å². The van der Waals surface area contributed by atoms with Gasteiger partial charge in [-0.2, -0.15) is 0 Å². The zero-order chi connectivity index (χ0) is 25.8. The first-order valence-corrected chi connectivity index (χ1v) is 15.4. The first-order valence-electron chi connectivity index (χ1n) is 15.4. The lowest BCUT2D eigenvalue weighted by Gasteiger charge is -2.12. The second-order valence-corrected chi connectivity index (χ2v) is 10.1. The van der Waals surface area contributed by atoms with E-state index in [0.717, 1.165) is 51.3 Å². The predicted octanol–water partition coefficient (Wildman–Crippen LogP) is 8.51. The molecule has 4 heteroatoms. The number of hydrogen-bond donors (Lipinski definition) is 1. The minimum atomic E-state index is 0.649. The second-order valence-electron chi connectivity index (χ2n) is 10.1. The molecule has 1 rings (SSSR count). The molecule has 210 valence electrons. The van der Waals surface area contributed by atoms with Gasteiger partial charge in [0.2, 0.25) is 0 Å². The lowest BCUT2D eigenvalue weighted by Crippen LogP contribution is -2.21. The first kappa shape index (κ1) is 32.9. The monoisotopic (exact) mass is 505 g/mol. The third-order valence-corrected chi connectivity index (χ3v) is 6.72. The van der Waals surface area contributed by atoms with E-state index in [2.05, 4.69) is 43.4 Å². The van der Waals surface area contributed by atoms with E-state index < -0.39 is 0 Å². The highest BCUT2D eigenvalue weighted by Crippen LogP contribution is 2.19. The van der Waals surface area contributed by atoms with Crippen LogP contribution in [0.15, 0.2) is 24.3 Å². The number of unbranched alkanes of at least 4 members (excludes halogenated alkanes) is 14. The zero-order valence-electron chi connectivity index (χ0n) is 24.0. The van der Waals surface area contributed by atoms with Gasteiger partial charge in [-0.3, -0.25) is 0 Å². The van der Waals surface area contributed by atoms with Crippen LogP contribution in [0.25, 0.3) is 0 Å². The molecule has 1 N–H and O–H groups in total. The van der Waals surface area contributed by atoms with Crippen molar-refractivity contribution in [3.8, 4) is 5.75 Å². The minimum Gasteiger partial charge on any atom is -0.493 e. The number of benzene rings is 1. The van der Waals surface area contributed by atoms with Gasteiger partial charge < -0.3 is 19.5 Å². The smallest absolute Gasteiger partial charge is 0.122 e. The highest BCUT2D eigenvalue weighted by Gasteiger charge is 2.03. The molecule has 0 aliphatic heterocycles. The Labute approximate surface area is 224 Å². The topological polar surface area (TPSA) is 39.7 Å². The van der Waals surface area contributed by atoms with Crippen LogP contribution < -0.4 is 10.1 Å². The average Bonchev–Trinajstić information content (AvgIpc) is 2.90. The number of para-hydroxylation sites is 1. The summed E-state index contributed by atoms with van der Waals surface area (Å²) in [6, 6.07) is 8.39. The molecule has 4 nitrogen and oxygen atoms in total. The van der Waals surface area contributed by atoms with Crippen LogP contribution in [0.4, 0.5) is 0 Å².